The molecule has 0 aromatic carbocycles. The largest absolute Gasteiger partial charge is 0.385 e. The van der Waals surface area contributed by atoms with Crippen LogP contribution in [0.25, 0.3) is 0 Å². The predicted molar refractivity (Wildman–Crippen MR) is 60.0 cm³/mol. The molecule has 0 amide bonds. The van der Waals surface area contributed by atoms with E-state index in [0.29, 0.717) is 6.04 Å². The molecule has 0 aliphatic heterocycles. The molecule has 0 aliphatic rings. The number of nitrogens with one attached hydrogen (secondary N) is 2. The zero-order valence-corrected chi connectivity index (χ0v) is 9.54. The fourth-order valence-corrected chi connectivity index (χ4v) is 1.18. The summed E-state index contributed by atoms with van der Waals surface area (Å²) in [5.41, 5.74) is 0. The molecule has 0 aromatic heterocycles. The van der Waals surface area contributed by atoms with Crippen molar-refractivity contribution in [3.8, 4) is 0 Å². The number of thiocarbonyl (C=S) groups is 1. The summed E-state index contributed by atoms with van der Waals surface area (Å²) in [5, 5.41) is 7.05. The van der Waals surface area contributed by atoms with Gasteiger partial charge < -0.3 is 15.4 Å². The summed E-state index contributed by atoms with van der Waals surface area (Å²) in [7, 11) is 1.71. The summed E-state index contributed by atoms with van der Waals surface area (Å²) in [6.07, 6.45) is 2.07. The van der Waals surface area contributed by atoms with Crippen molar-refractivity contribution in [1.82, 2.24) is 10.6 Å². The molecule has 0 saturated heterocycles. The lowest BCUT2D eigenvalue weighted by Gasteiger charge is -2.16. The van der Waals surface area contributed by atoms with Crippen molar-refractivity contribution in [3.05, 3.63) is 0 Å². The van der Waals surface area contributed by atoms with Crippen LogP contribution in [0.5, 0.6) is 0 Å². The van der Waals surface area contributed by atoms with Crippen molar-refractivity contribution in [2.75, 3.05) is 20.3 Å². The van der Waals surface area contributed by atoms with Crippen molar-refractivity contribution in [2.45, 2.75) is 32.7 Å². The van der Waals surface area contributed by atoms with Crippen LogP contribution in [0, 0.1) is 0 Å². The molecule has 3 nitrogen and oxygen atoms in total. The first kappa shape index (κ1) is 12.7. The van der Waals surface area contributed by atoms with Crippen LogP contribution in [-0.2, 0) is 4.74 Å². The van der Waals surface area contributed by atoms with E-state index in [2.05, 4.69) is 24.5 Å². The highest BCUT2D eigenvalue weighted by Crippen LogP contribution is 1.90. The lowest BCUT2D eigenvalue weighted by atomic mass is 10.2. The fourth-order valence-electron chi connectivity index (χ4n) is 0.880. The van der Waals surface area contributed by atoms with Gasteiger partial charge in [-0.15, -0.1) is 0 Å². The summed E-state index contributed by atoms with van der Waals surface area (Å²) in [6, 6.07) is 0.372. The Bertz CT molecular complexity index is 142. The lowest BCUT2D eigenvalue weighted by Crippen LogP contribution is -2.41. The smallest absolute Gasteiger partial charge is 0.166 e. The maximum atomic E-state index is 5.08. The van der Waals surface area contributed by atoms with E-state index in [4.69, 9.17) is 17.0 Å². The maximum Gasteiger partial charge on any atom is 0.166 e. The van der Waals surface area contributed by atoms with Crippen LogP contribution in [0.1, 0.15) is 26.7 Å². The first-order valence-electron chi connectivity index (χ1n) is 4.74. The summed E-state index contributed by atoms with van der Waals surface area (Å²) < 4.78 is 4.97. The topological polar surface area (TPSA) is 33.3 Å². The van der Waals surface area contributed by atoms with Gasteiger partial charge >= 0.3 is 0 Å². The van der Waals surface area contributed by atoms with E-state index in [1.54, 1.807) is 7.11 Å². The molecule has 4 heteroatoms. The van der Waals surface area contributed by atoms with Gasteiger partial charge in [-0.1, -0.05) is 6.92 Å². The van der Waals surface area contributed by atoms with Crippen molar-refractivity contribution in [3.63, 3.8) is 0 Å². The van der Waals surface area contributed by atoms with Crippen LogP contribution in [0.15, 0.2) is 0 Å². The Labute approximate surface area is 86.2 Å². The highest BCUT2D eigenvalue weighted by Gasteiger charge is 2.02. The van der Waals surface area contributed by atoms with Crippen LogP contribution in [0.4, 0.5) is 0 Å². The molecular formula is C9H20N2OS. The number of hydrogen-bond donors (Lipinski definition) is 2. The molecule has 0 spiro atoms. The quantitative estimate of drug-likeness (QED) is 0.639. The molecule has 0 rings (SSSR count). The van der Waals surface area contributed by atoms with Gasteiger partial charge in [0.1, 0.15) is 0 Å². The van der Waals surface area contributed by atoms with Crippen LogP contribution in [-0.4, -0.2) is 31.4 Å². The van der Waals surface area contributed by atoms with Crippen LogP contribution in [0.3, 0.4) is 0 Å². The number of rotatable bonds is 6. The van der Waals surface area contributed by atoms with Gasteiger partial charge in [-0.3, -0.25) is 0 Å². The van der Waals surface area contributed by atoms with E-state index in [1.807, 2.05) is 0 Å². The molecule has 0 saturated carbocycles. The molecule has 1 unspecified atom stereocenters. The summed E-state index contributed by atoms with van der Waals surface area (Å²) in [5.74, 6) is 0. The normalized spacial score (nSPS) is 12.2. The molecule has 0 fully saturated rings. The third-order valence-corrected chi connectivity index (χ3v) is 1.93. The second-order valence-electron chi connectivity index (χ2n) is 3.08. The highest BCUT2D eigenvalue weighted by atomic mass is 32.1. The van der Waals surface area contributed by atoms with E-state index in [-0.39, 0.29) is 0 Å². The van der Waals surface area contributed by atoms with Gasteiger partial charge in [-0.2, -0.15) is 0 Å². The lowest BCUT2D eigenvalue weighted by molar-refractivity contribution is 0.187. The molecular weight excluding hydrogens is 184 g/mol. The fraction of sp³-hybridized carbons (Fsp3) is 0.889. The molecule has 0 radical (unpaired) electrons. The molecule has 1 atom stereocenters. The minimum Gasteiger partial charge on any atom is -0.385 e. The van der Waals surface area contributed by atoms with Gasteiger partial charge in [0.25, 0.3) is 0 Å². The third kappa shape index (κ3) is 7.99. The zero-order chi connectivity index (χ0) is 10.1. The highest BCUT2D eigenvalue weighted by molar-refractivity contribution is 7.80. The monoisotopic (exact) mass is 204 g/mol. The van der Waals surface area contributed by atoms with Gasteiger partial charge in [0.05, 0.1) is 0 Å². The van der Waals surface area contributed by atoms with Crippen molar-refractivity contribution >= 4 is 17.3 Å². The minimum atomic E-state index is 0.372. The average Bonchev–Trinajstić information content (AvgIpc) is 2.11. The number of hydrogen-bond acceptors (Lipinski definition) is 2. The molecule has 78 valence electrons. The van der Waals surface area contributed by atoms with Gasteiger partial charge in [0, 0.05) is 26.3 Å². The summed E-state index contributed by atoms with van der Waals surface area (Å²) in [6.45, 7) is 5.91. The first-order valence-corrected chi connectivity index (χ1v) is 5.14. The van der Waals surface area contributed by atoms with Crippen LogP contribution in [0.2, 0.25) is 0 Å². The van der Waals surface area contributed by atoms with Gasteiger partial charge in [-0.25, -0.2) is 0 Å². The predicted octanol–water partition coefficient (Wildman–Crippen LogP) is 1.29. The van der Waals surface area contributed by atoms with E-state index in [1.165, 1.54) is 0 Å². The second-order valence-corrected chi connectivity index (χ2v) is 3.49. The number of methoxy groups -OCH3 is 1. The van der Waals surface area contributed by atoms with E-state index in [9.17, 15) is 0 Å². The molecule has 0 aliphatic carbocycles. The maximum absolute atomic E-state index is 5.08. The summed E-state index contributed by atoms with van der Waals surface area (Å²) in [4.78, 5) is 0. The first-order chi connectivity index (χ1) is 6.20. The van der Waals surface area contributed by atoms with Gasteiger partial charge in [0.2, 0.25) is 0 Å². The second kappa shape index (κ2) is 8.26. The standard InChI is InChI=1S/C9H20N2OS/c1-4-6-10-9(13)11-8(2)5-7-12-3/h8H,4-7H2,1-3H3,(H2,10,11,13). The summed E-state index contributed by atoms with van der Waals surface area (Å²) >= 11 is 5.08. The zero-order valence-electron chi connectivity index (χ0n) is 8.72. The molecule has 0 heterocycles. The van der Waals surface area contributed by atoms with Crippen molar-refractivity contribution < 1.29 is 4.74 Å². The molecule has 0 aromatic rings. The Morgan fingerprint density at radius 2 is 2.23 bits per heavy atom. The van der Waals surface area contributed by atoms with Gasteiger partial charge in [-0.05, 0) is 32.0 Å². The van der Waals surface area contributed by atoms with E-state index >= 15 is 0 Å². The number of ether oxygens (including phenoxy) is 1. The van der Waals surface area contributed by atoms with Crippen molar-refractivity contribution in [1.29, 1.82) is 0 Å². The third-order valence-electron chi connectivity index (χ3n) is 1.67. The minimum absolute atomic E-state index is 0.372. The Balaban J connectivity index is 3.41. The van der Waals surface area contributed by atoms with Crippen LogP contribution < -0.4 is 10.6 Å². The van der Waals surface area contributed by atoms with E-state index < -0.39 is 0 Å². The molecule has 0 bridgehead atoms. The molecule has 2 N–H and O–H groups in total. The SMILES string of the molecule is CCCNC(=S)NC(C)CCOC. The Hall–Kier alpha value is -0.350. The average molecular weight is 204 g/mol. The Kier molecular flexibility index (Phi) is 8.04. The van der Waals surface area contributed by atoms with Crippen molar-refractivity contribution in [2.24, 2.45) is 0 Å². The van der Waals surface area contributed by atoms with E-state index in [0.717, 1.165) is 31.1 Å². The van der Waals surface area contributed by atoms with Crippen LogP contribution >= 0.6 is 12.2 Å². The van der Waals surface area contributed by atoms with Gasteiger partial charge in [0.15, 0.2) is 5.11 Å². The Morgan fingerprint density at radius 3 is 2.77 bits per heavy atom. The Morgan fingerprint density at radius 1 is 1.54 bits per heavy atom. The molecule has 13 heavy (non-hydrogen) atoms.